The summed E-state index contributed by atoms with van der Waals surface area (Å²) >= 11 is 0. The van der Waals surface area contributed by atoms with Crippen molar-refractivity contribution in [2.75, 3.05) is 6.54 Å². The van der Waals surface area contributed by atoms with Crippen molar-refractivity contribution < 1.29 is 4.79 Å². The average Bonchev–Trinajstić information content (AvgIpc) is 2.46. The first-order chi connectivity index (χ1) is 9.20. The van der Waals surface area contributed by atoms with Gasteiger partial charge in [0.1, 0.15) is 0 Å². The molecule has 1 heterocycles. The second-order valence-corrected chi connectivity index (χ2v) is 5.01. The molecule has 4 nitrogen and oxygen atoms in total. The SMILES string of the molecule is CC1CCCCN1C(=O)NCc1ccc(C#N)cc1. The van der Waals surface area contributed by atoms with Crippen LogP contribution in [-0.2, 0) is 6.54 Å². The zero-order valence-corrected chi connectivity index (χ0v) is 11.2. The molecule has 0 aromatic heterocycles. The van der Waals surface area contributed by atoms with Gasteiger partial charge in [0.05, 0.1) is 11.6 Å². The summed E-state index contributed by atoms with van der Waals surface area (Å²) in [4.78, 5) is 14.0. The van der Waals surface area contributed by atoms with Crippen molar-refractivity contribution in [1.82, 2.24) is 10.2 Å². The van der Waals surface area contributed by atoms with E-state index in [1.165, 1.54) is 6.42 Å². The standard InChI is InChI=1S/C15H19N3O/c1-12-4-2-3-9-18(12)15(19)17-11-14-7-5-13(10-16)6-8-14/h5-8,12H,2-4,9,11H2,1H3,(H,17,19). The van der Waals surface area contributed by atoms with Crippen LogP contribution in [0.3, 0.4) is 0 Å². The first kappa shape index (κ1) is 13.4. The molecule has 1 N–H and O–H groups in total. The first-order valence-corrected chi connectivity index (χ1v) is 6.74. The molecular weight excluding hydrogens is 238 g/mol. The molecule has 0 spiro atoms. The number of piperidine rings is 1. The Bertz CT molecular complexity index is 475. The molecule has 2 amide bonds. The molecule has 1 aliphatic heterocycles. The van der Waals surface area contributed by atoms with Crippen LogP contribution in [0.5, 0.6) is 0 Å². The summed E-state index contributed by atoms with van der Waals surface area (Å²) in [5, 5.41) is 11.7. The van der Waals surface area contributed by atoms with E-state index in [0.29, 0.717) is 18.2 Å². The van der Waals surface area contributed by atoms with Gasteiger partial charge in [0.15, 0.2) is 0 Å². The van der Waals surface area contributed by atoms with Crippen molar-refractivity contribution in [2.24, 2.45) is 0 Å². The minimum Gasteiger partial charge on any atom is -0.334 e. The van der Waals surface area contributed by atoms with Crippen molar-refractivity contribution in [2.45, 2.75) is 38.8 Å². The number of rotatable bonds is 2. The van der Waals surface area contributed by atoms with E-state index in [0.717, 1.165) is 24.9 Å². The second kappa shape index (κ2) is 6.24. The molecule has 1 fully saturated rings. The zero-order chi connectivity index (χ0) is 13.7. The summed E-state index contributed by atoms with van der Waals surface area (Å²) in [5.41, 5.74) is 1.65. The number of hydrogen-bond donors (Lipinski definition) is 1. The molecule has 1 aliphatic rings. The van der Waals surface area contributed by atoms with Gasteiger partial charge in [0.25, 0.3) is 0 Å². The fourth-order valence-corrected chi connectivity index (χ4v) is 2.38. The predicted octanol–water partition coefficient (Wildman–Crippen LogP) is 2.64. The van der Waals surface area contributed by atoms with Gasteiger partial charge in [-0.2, -0.15) is 5.26 Å². The maximum absolute atomic E-state index is 12.1. The number of likely N-dealkylation sites (tertiary alicyclic amines) is 1. The monoisotopic (exact) mass is 257 g/mol. The van der Waals surface area contributed by atoms with Crippen molar-refractivity contribution in [3.05, 3.63) is 35.4 Å². The molecule has 1 atom stereocenters. The van der Waals surface area contributed by atoms with E-state index in [-0.39, 0.29) is 6.03 Å². The van der Waals surface area contributed by atoms with Crippen LogP contribution in [0.4, 0.5) is 4.79 Å². The Morgan fingerprint density at radius 1 is 1.42 bits per heavy atom. The van der Waals surface area contributed by atoms with E-state index in [1.807, 2.05) is 17.0 Å². The number of hydrogen-bond acceptors (Lipinski definition) is 2. The van der Waals surface area contributed by atoms with Crippen LogP contribution in [0, 0.1) is 11.3 Å². The Morgan fingerprint density at radius 2 is 2.16 bits per heavy atom. The maximum atomic E-state index is 12.1. The van der Waals surface area contributed by atoms with Crippen molar-refractivity contribution in [3.63, 3.8) is 0 Å². The lowest BCUT2D eigenvalue weighted by atomic mass is 10.0. The molecule has 19 heavy (non-hydrogen) atoms. The third-order valence-electron chi connectivity index (χ3n) is 3.59. The molecule has 0 bridgehead atoms. The summed E-state index contributed by atoms with van der Waals surface area (Å²) in [6.07, 6.45) is 3.39. The third-order valence-corrected chi connectivity index (χ3v) is 3.59. The summed E-state index contributed by atoms with van der Waals surface area (Å²) in [7, 11) is 0. The Hall–Kier alpha value is -2.02. The van der Waals surface area contributed by atoms with Gasteiger partial charge in [0, 0.05) is 19.1 Å². The number of nitrogens with zero attached hydrogens (tertiary/aromatic N) is 2. The lowest BCUT2D eigenvalue weighted by Crippen LogP contribution is -2.47. The molecule has 1 unspecified atom stereocenters. The fourth-order valence-electron chi connectivity index (χ4n) is 2.38. The van der Waals surface area contributed by atoms with E-state index in [9.17, 15) is 4.79 Å². The van der Waals surface area contributed by atoms with Gasteiger partial charge >= 0.3 is 6.03 Å². The Balaban J connectivity index is 1.87. The molecule has 4 heteroatoms. The number of carbonyl (C=O) groups excluding carboxylic acids is 1. The minimum absolute atomic E-state index is 0.0107. The highest BCUT2D eigenvalue weighted by molar-refractivity contribution is 5.74. The van der Waals surface area contributed by atoms with Crippen molar-refractivity contribution >= 4 is 6.03 Å². The number of urea groups is 1. The summed E-state index contributed by atoms with van der Waals surface area (Å²) in [6.45, 7) is 3.45. The molecule has 2 rings (SSSR count). The van der Waals surface area contributed by atoms with Crippen LogP contribution in [0.2, 0.25) is 0 Å². The highest BCUT2D eigenvalue weighted by Crippen LogP contribution is 2.16. The van der Waals surface area contributed by atoms with Gasteiger partial charge < -0.3 is 10.2 Å². The van der Waals surface area contributed by atoms with Crippen LogP contribution < -0.4 is 5.32 Å². The fraction of sp³-hybridized carbons (Fsp3) is 0.467. The van der Waals surface area contributed by atoms with Crippen LogP contribution in [0.1, 0.15) is 37.3 Å². The van der Waals surface area contributed by atoms with Gasteiger partial charge in [-0.25, -0.2) is 4.79 Å². The van der Waals surface area contributed by atoms with Gasteiger partial charge in [-0.05, 0) is 43.9 Å². The van der Waals surface area contributed by atoms with Crippen LogP contribution in [-0.4, -0.2) is 23.5 Å². The number of benzene rings is 1. The van der Waals surface area contributed by atoms with E-state index in [4.69, 9.17) is 5.26 Å². The summed E-state index contributed by atoms with van der Waals surface area (Å²) in [5.74, 6) is 0. The summed E-state index contributed by atoms with van der Waals surface area (Å²) < 4.78 is 0. The van der Waals surface area contributed by atoms with Gasteiger partial charge in [0.2, 0.25) is 0 Å². The van der Waals surface area contributed by atoms with E-state index in [2.05, 4.69) is 18.3 Å². The topological polar surface area (TPSA) is 56.1 Å². The van der Waals surface area contributed by atoms with Crippen molar-refractivity contribution in [3.8, 4) is 6.07 Å². The lowest BCUT2D eigenvalue weighted by molar-refractivity contribution is 0.158. The first-order valence-electron chi connectivity index (χ1n) is 6.74. The second-order valence-electron chi connectivity index (χ2n) is 5.01. The maximum Gasteiger partial charge on any atom is 0.317 e. The normalized spacial score (nSPS) is 18.7. The highest BCUT2D eigenvalue weighted by Gasteiger charge is 2.22. The number of nitriles is 1. The number of nitrogens with one attached hydrogen (secondary N) is 1. The molecule has 100 valence electrons. The lowest BCUT2D eigenvalue weighted by Gasteiger charge is -2.33. The van der Waals surface area contributed by atoms with Crippen LogP contribution in [0.25, 0.3) is 0 Å². The van der Waals surface area contributed by atoms with Gasteiger partial charge in [-0.1, -0.05) is 12.1 Å². The molecule has 0 radical (unpaired) electrons. The largest absolute Gasteiger partial charge is 0.334 e. The Kier molecular flexibility index (Phi) is 4.40. The van der Waals surface area contributed by atoms with Crippen LogP contribution >= 0.6 is 0 Å². The minimum atomic E-state index is 0.0107. The Labute approximate surface area is 114 Å². The quantitative estimate of drug-likeness (QED) is 0.885. The van der Waals surface area contributed by atoms with Gasteiger partial charge in [-0.3, -0.25) is 0 Å². The highest BCUT2D eigenvalue weighted by atomic mass is 16.2. The number of carbonyl (C=O) groups is 1. The Morgan fingerprint density at radius 3 is 2.79 bits per heavy atom. The molecule has 0 saturated carbocycles. The molecule has 0 aliphatic carbocycles. The van der Waals surface area contributed by atoms with E-state index < -0.39 is 0 Å². The molecule has 1 aromatic carbocycles. The molecular formula is C15H19N3O. The van der Waals surface area contributed by atoms with Crippen molar-refractivity contribution in [1.29, 1.82) is 5.26 Å². The average molecular weight is 257 g/mol. The zero-order valence-electron chi connectivity index (χ0n) is 11.2. The smallest absolute Gasteiger partial charge is 0.317 e. The summed E-state index contributed by atoms with van der Waals surface area (Å²) in [6, 6.07) is 9.70. The molecule has 1 saturated heterocycles. The van der Waals surface area contributed by atoms with E-state index >= 15 is 0 Å². The third kappa shape index (κ3) is 3.47. The predicted molar refractivity (Wildman–Crippen MR) is 73.4 cm³/mol. The van der Waals surface area contributed by atoms with E-state index in [1.54, 1.807) is 12.1 Å². The molecule has 1 aromatic rings. The van der Waals surface area contributed by atoms with Crippen LogP contribution in [0.15, 0.2) is 24.3 Å². The number of amides is 2. The van der Waals surface area contributed by atoms with Gasteiger partial charge in [-0.15, -0.1) is 0 Å².